The Hall–Kier alpha value is -2.57. The topological polar surface area (TPSA) is 70.2 Å². The van der Waals surface area contributed by atoms with E-state index in [1.54, 1.807) is 11.8 Å². The van der Waals surface area contributed by atoms with Crippen LogP contribution in [0.2, 0.25) is 0 Å². The van der Waals surface area contributed by atoms with E-state index in [0.717, 1.165) is 24.8 Å². The lowest BCUT2D eigenvalue weighted by atomic mass is 9.90. The molecule has 1 aromatic rings. The minimum Gasteiger partial charge on any atom is -0.450 e. The molecule has 1 aromatic carbocycles. The van der Waals surface area contributed by atoms with E-state index in [0.29, 0.717) is 45.9 Å². The number of carbonyl (C=O) groups is 3. The first kappa shape index (κ1) is 19.7. The van der Waals surface area contributed by atoms with Gasteiger partial charge in [0.1, 0.15) is 0 Å². The zero-order valence-corrected chi connectivity index (χ0v) is 17.0. The summed E-state index contributed by atoms with van der Waals surface area (Å²) in [6.45, 7) is 5.80. The van der Waals surface area contributed by atoms with E-state index >= 15 is 0 Å². The van der Waals surface area contributed by atoms with Gasteiger partial charge in [-0.2, -0.15) is 0 Å². The molecule has 0 radical (unpaired) electrons. The smallest absolute Gasteiger partial charge is 0.409 e. The zero-order valence-electron chi connectivity index (χ0n) is 17.0. The predicted molar refractivity (Wildman–Crippen MR) is 107 cm³/mol. The fourth-order valence-corrected chi connectivity index (χ4v) is 4.71. The monoisotopic (exact) mass is 399 g/mol. The van der Waals surface area contributed by atoms with E-state index < -0.39 is 0 Å². The number of nitrogens with zero attached hydrogens (tertiary/aromatic N) is 3. The fourth-order valence-electron chi connectivity index (χ4n) is 4.71. The quantitative estimate of drug-likeness (QED) is 0.782. The Morgan fingerprint density at radius 2 is 1.55 bits per heavy atom. The number of piperazine rings is 1. The molecule has 1 saturated carbocycles. The number of piperidine rings is 1. The van der Waals surface area contributed by atoms with Gasteiger partial charge in [-0.05, 0) is 43.7 Å². The number of hydrogen-bond donors (Lipinski definition) is 0. The van der Waals surface area contributed by atoms with Crippen LogP contribution in [0.3, 0.4) is 0 Å². The Morgan fingerprint density at radius 3 is 2.17 bits per heavy atom. The van der Waals surface area contributed by atoms with Crippen LogP contribution in [0, 0.1) is 11.3 Å². The van der Waals surface area contributed by atoms with Crippen molar-refractivity contribution in [3.63, 3.8) is 0 Å². The van der Waals surface area contributed by atoms with Gasteiger partial charge in [-0.25, -0.2) is 4.79 Å². The van der Waals surface area contributed by atoms with Crippen molar-refractivity contribution in [3.05, 3.63) is 35.9 Å². The lowest BCUT2D eigenvalue weighted by molar-refractivity contribution is -0.135. The molecule has 4 rings (SSSR count). The van der Waals surface area contributed by atoms with Gasteiger partial charge in [0.05, 0.1) is 6.61 Å². The maximum Gasteiger partial charge on any atom is 0.409 e. The number of hydrogen-bond acceptors (Lipinski definition) is 4. The number of ether oxygens (including phenoxy) is 1. The Labute approximate surface area is 171 Å². The van der Waals surface area contributed by atoms with Gasteiger partial charge in [-0.3, -0.25) is 9.59 Å². The van der Waals surface area contributed by atoms with Gasteiger partial charge < -0.3 is 19.4 Å². The third-order valence-corrected chi connectivity index (χ3v) is 6.67. The van der Waals surface area contributed by atoms with Crippen molar-refractivity contribution >= 4 is 17.9 Å². The van der Waals surface area contributed by atoms with Crippen LogP contribution in [0.1, 0.15) is 36.5 Å². The molecule has 0 aromatic heterocycles. The number of benzene rings is 1. The maximum atomic E-state index is 13.0. The molecule has 1 unspecified atom stereocenters. The molecule has 1 aliphatic carbocycles. The summed E-state index contributed by atoms with van der Waals surface area (Å²) in [5.74, 6) is 0.376. The zero-order chi connectivity index (χ0) is 20.4. The second-order valence-electron chi connectivity index (χ2n) is 8.29. The molecule has 3 amide bonds. The summed E-state index contributed by atoms with van der Waals surface area (Å²) < 4.78 is 5.04. The van der Waals surface area contributed by atoms with Crippen molar-refractivity contribution in [2.75, 3.05) is 45.9 Å². The second-order valence-corrected chi connectivity index (χ2v) is 8.29. The molecule has 1 atom stereocenters. The Bertz CT molecular complexity index is 766. The van der Waals surface area contributed by atoms with Gasteiger partial charge in [-0.15, -0.1) is 0 Å². The highest BCUT2D eigenvalue weighted by Crippen LogP contribution is 2.60. The standard InChI is InChI=1S/C22H29N3O4/c1-2-29-21(28)25-14-12-24(13-15-25)20(27)18-16-22(18)8-10-23(11-9-22)19(26)17-6-4-3-5-7-17/h3-7,18H,2,8-16H2,1H3. The summed E-state index contributed by atoms with van der Waals surface area (Å²) in [5.41, 5.74) is 0.800. The summed E-state index contributed by atoms with van der Waals surface area (Å²) in [4.78, 5) is 42.9. The Kier molecular flexibility index (Phi) is 5.48. The first-order valence-corrected chi connectivity index (χ1v) is 10.6. The SMILES string of the molecule is CCOC(=O)N1CCN(C(=O)C2CC23CCN(C(=O)c2ccccc2)CC3)CC1. The van der Waals surface area contributed by atoms with Crippen LogP contribution < -0.4 is 0 Å². The largest absolute Gasteiger partial charge is 0.450 e. The molecule has 2 aliphatic heterocycles. The predicted octanol–water partition coefficient (Wildman–Crippen LogP) is 2.23. The number of carbonyl (C=O) groups excluding carboxylic acids is 3. The number of rotatable bonds is 3. The second kappa shape index (κ2) is 8.05. The molecule has 7 heteroatoms. The molecule has 7 nitrogen and oxygen atoms in total. The summed E-state index contributed by atoms with van der Waals surface area (Å²) in [6, 6.07) is 9.39. The van der Waals surface area contributed by atoms with E-state index in [9.17, 15) is 14.4 Å². The average molecular weight is 399 g/mol. The van der Waals surface area contributed by atoms with Crippen LogP contribution in [0.15, 0.2) is 30.3 Å². The average Bonchev–Trinajstić information content (AvgIpc) is 3.47. The van der Waals surface area contributed by atoms with Gasteiger partial charge in [0, 0.05) is 50.7 Å². The highest BCUT2D eigenvalue weighted by molar-refractivity contribution is 5.94. The molecule has 29 heavy (non-hydrogen) atoms. The van der Waals surface area contributed by atoms with E-state index in [4.69, 9.17) is 4.74 Å². The Balaban J connectivity index is 1.26. The molecular weight excluding hydrogens is 370 g/mol. The highest BCUT2D eigenvalue weighted by atomic mass is 16.6. The first-order valence-electron chi connectivity index (χ1n) is 10.6. The molecule has 3 aliphatic rings. The summed E-state index contributed by atoms with van der Waals surface area (Å²) in [7, 11) is 0. The van der Waals surface area contributed by atoms with Crippen LogP contribution in [-0.4, -0.2) is 78.5 Å². The van der Waals surface area contributed by atoms with Crippen molar-refractivity contribution in [2.45, 2.75) is 26.2 Å². The maximum absolute atomic E-state index is 13.0. The van der Waals surface area contributed by atoms with Crippen molar-refractivity contribution < 1.29 is 19.1 Å². The summed E-state index contributed by atoms with van der Waals surface area (Å²) in [6.07, 6.45) is 2.42. The lowest BCUT2D eigenvalue weighted by Crippen LogP contribution is -2.51. The minimum atomic E-state index is -0.294. The van der Waals surface area contributed by atoms with Gasteiger partial charge in [0.15, 0.2) is 0 Å². The van der Waals surface area contributed by atoms with Crippen LogP contribution in [0.5, 0.6) is 0 Å². The molecule has 2 heterocycles. The normalized spacial score (nSPS) is 23.1. The van der Waals surface area contributed by atoms with Crippen molar-refractivity contribution in [3.8, 4) is 0 Å². The van der Waals surface area contributed by atoms with E-state index in [-0.39, 0.29) is 29.2 Å². The highest BCUT2D eigenvalue weighted by Gasteiger charge is 2.59. The Morgan fingerprint density at radius 1 is 0.931 bits per heavy atom. The molecule has 156 valence electrons. The van der Waals surface area contributed by atoms with Crippen molar-refractivity contribution in [2.24, 2.45) is 11.3 Å². The molecular formula is C22H29N3O4. The third kappa shape index (κ3) is 3.95. The van der Waals surface area contributed by atoms with E-state index in [2.05, 4.69) is 0 Å². The summed E-state index contributed by atoms with van der Waals surface area (Å²) >= 11 is 0. The lowest BCUT2D eigenvalue weighted by Gasteiger charge is -2.36. The van der Waals surface area contributed by atoms with Gasteiger partial charge in [-0.1, -0.05) is 18.2 Å². The van der Waals surface area contributed by atoms with Gasteiger partial charge >= 0.3 is 6.09 Å². The van der Waals surface area contributed by atoms with Crippen LogP contribution in [0.25, 0.3) is 0 Å². The van der Waals surface area contributed by atoms with Crippen LogP contribution in [-0.2, 0) is 9.53 Å². The molecule has 0 N–H and O–H groups in total. The van der Waals surface area contributed by atoms with E-state index in [1.807, 2.05) is 40.1 Å². The van der Waals surface area contributed by atoms with Gasteiger partial charge in [0.25, 0.3) is 5.91 Å². The van der Waals surface area contributed by atoms with Gasteiger partial charge in [0.2, 0.25) is 5.91 Å². The molecule has 0 bridgehead atoms. The number of likely N-dealkylation sites (tertiary alicyclic amines) is 1. The summed E-state index contributed by atoms with van der Waals surface area (Å²) in [5, 5.41) is 0. The van der Waals surface area contributed by atoms with Crippen molar-refractivity contribution in [1.29, 1.82) is 0 Å². The third-order valence-electron chi connectivity index (χ3n) is 6.67. The van der Waals surface area contributed by atoms with Crippen molar-refractivity contribution in [1.82, 2.24) is 14.7 Å². The first-order chi connectivity index (χ1) is 14.0. The van der Waals surface area contributed by atoms with Crippen LogP contribution in [0.4, 0.5) is 4.79 Å². The van der Waals surface area contributed by atoms with E-state index in [1.165, 1.54) is 0 Å². The molecule has 3 fully saturated rings. The fraction of sp³-hybridized carbons (Fsp3) is 0.591. The van der Waals surface area contributed by atoms with Crippen LogP contribution >= 0.6 is 0 Å². The molecule has 1 spiro atoms. The minimum absolute atomic E-state index is 0.0722. The number of amides is 3. The molecule has 2 saturated heterocycles.